The number of anilines is 1. The number of halogens is 4. The highest BCUT2D eigenvalue weighted by molar-refractivity contribution is 7.22. The van der Waals surface area contributed by atoms with E-state index in [1.165, 1.54) is 23.2 Å². The monoisotopic (exact) mass is 698 g/mol. The average Bonchev–Trinajstić information content (AvgIpc) is 3.59. The molecule has 5 aromatic rings. The van der Waals surface area contributed by atoms with Crippen LogP contribution in [0.3, 0.4) is 0 Å². The summed E-state index contributed by atoms with van der Waals surface area (Å²) < 4.78 is 49.1. The SMILES string of the molecule is Cc1cc2nc(-c3ccc4c(c3)c(N3CCN(C(C)C(F)(F)F)CC3)cn4C)sc2c(-c2ccc(Cl)cc2)c1[C@H](OC(C)(C)C)C(=O)O. The summed E-state index contributed by atoms with van der Waals surface area (Å²) in [5, 5.41) is 12.7. The number of fused-ring (bicyclic) bond motifs is 2. The first-order valence-corrected chi connectivity index (χ1v) is 17.0. The van der Waals surface area contributed by atoms with E-state index in [-0.39, 0.29) is 0 Å². The lowest BCUT2D eigenvalue weighted by molar-refractivity contribution is -0.179. The number of piperazine rings is 1. The maximum absolute atomic E-state index is 13.4. The molecule has 3 heterocycles. The quantitative estimate of drug-likeness (QED) is 0.183. The number of carbonyl (C=O) groups is 1. The molecule has 0 radical (unpaired) electrons. The van der Waals surface area contributed by atoms with E-state index in [0.717, 1.165) is 54.1 Å². The van der Waals surface area contributed by atoms with Gasteiger partial charge >= 0.3 is 12.1 Å². The summed E-state index contributed by atoms with van der Waals surface area (Å²) in [6, 6.07) is 13.9. The zero-order chi connectivity index (χ0) is 34.7. The van der Waals surface area contributed by atoms with Crippen LogP contribution in [-0.4, -0.2) is 69.5 Å². The molecule has 48 heavy (non-hydrogen) atoms. The van der Waals surface area contributed by atoms with Gasteiger partial charge in [0.05, 0.1) is 21.5 Å². The highest BCUT2D eigenvalue weighted by Crippen LogP contribution is 2.45. The van der Waals surface area contributed by atoms with E-state index in [4.69, 9.17) is 21.3 Å². The van der Waals surface area contributed by atoms with Crippen LogP contribution in [0.1, 0.15) is 44.9 Å². The van der Waals surface area contributed by atoms with Crippen molar-refractivity contribution in [3.05, 3.63) is 70.9 Å². The van der Waals surface area contributed by atoms with Crippen LogP contribution < -0.4 is 4.90 Å². The number of carboxylic acid groups (broad SMARTS) is 1. The third kappa shape index (κ3) is 6.65. The number of hydrogen-bond donors (Lipinski definition) is 1. The topological polar surface area (TPSA) is 70.8 Å². The van der Waals surface area contributed by atoms with Crippen molar-refractivity contribution in [2.24, 2.45) is 7.05 Å². The molecule has 1 saturated heterocycles. The predicted octanol–water partition coefficient (Wildman–Crippen LogP) is 9.10. The predicted molar refractivity (Wildman–Crippen MR) is 187 cm³/mol. The highest BCUT2D eigenvalue weighted by Gasteiger charge is 2.41. The van der Waals surface area contributed by atoms with Gasteiger partial charge in [0.2, 0.25) is 0 Å². The molecule has 2 aromatic heterocycles. The maximum atomic E-state index is 13.4. The van der Waals surface area contributed by atoms with Crippen molar-refractivity contribution in [1.29, 1.82) is 0 Å². The van der Waals surface area contributed by atoms with Crippen LogP contribution in [0, 0.1) is 6.92 Å². The zero-order valence-electron chi connectivity index (χ0n) is 27.7. The third-order valence-electron chi connectivity index (χ3n) is 8.91. The normalized spacial score (nSPS) is 16.2. The Bertz CT molecular complexity index is 1990. The fourth-order valence-electron chi connectivity index (χ4n) is 6.48. The van der Waals surface area contributed by atoms with Crippen LogP contribution in [0.15, 0.2) is 54.7 Å². The molecule has 1 aliphatic rings. The Hall–Kier alpha value is -3.64. The molecule has 12 heteroatoms. The number of alkyl halides is 3. The molecular weight excluding hydrogens is 661 g/mol. The van der Waals surface area contributed by atoms with E-state index in [1.54, 1.807) is 12.1 Å². The first kappa shape index (κ1) is 34.2. The number of aromatic nitrogens is 2. The van der Waals surface area contributed by atoms with E-state index >= 15 is 0 Å². The van der Waals surface area contributed by atoms with Crippen LogP contribution in [0.25, 0.3) is 42.8 Å². The molecule has 1 unspecified atom stereocenters. The van der Waals surface area contributed by atoms with Gasteiger partial charge in [0.25, 0.3) is 0 Å². The lowest BCUT2D eigenvalue weighted by Crippen LogP contribution is -2.53. The van der Waals surface area contributed by atoms with Gasteiger partial charge in [-0.05, 0) is 82.1 Å². The Morgan fingerprint density at radius 1 is 1.02 bits per heavy atom. The number of aliphatic carboxylic acids is 1. The fraction of sp³-hybridized carbons (Fsp3) is 0.389. The first-order valence-electron chi connectivity index (χ1n) is 15.8. The first-order chi connectivity index (χ1) is 22.5. The van der Waals surface area contributed by atoms with Crippen LogP contribution >= 0.6 is 22.9 Å². The number of thiazole rings is 1. The largest absolute Gasteiger partial charge is 0.479 e. The molecule has 0 aliphatic carbocycles. The van der Waals surface area contributed by atoms with Gasteiger partial charge in [-0.3, -0.25) is 4.90 Å². The van der Waals surface area contributed by atoms with Gasteiger partial charge in [-0.15, -0.1) is 11.3 Å². The molecule has 3 aromatic carbocycles. The molecule has 7 nitrogen and oxygen atoms in total. The molecule has 0 saturated carbocycles. The van der Waals surface area contributed by atoms with Crippen LogP contribution in [-0.2, 0) is 16.6 Å². The van der Waals surface area contributed by atoms with E-state index in [1.807, 2.05) is 75.8 Å². The lowest BCUT2D eigenvalue weighted by Gasteiger charge is -2.39. The number of aryl methyl sites for hydroxylation is 2. The summed E-state index contributed by atoms with van der Waals surface area (Å²) in [7, 11) is 1.96. The van der Waals surface area contributed by atoms with Gasteiger partial charge in [-0.2, -0.15) is 13.2 Å². The van der Waals surface area contributed by atoms with Crippen LogP contribution in [0.5, 0.6) is 0 Å². The van der Waals surface area contributed by atoms with Gasteiger partial charge in [-0.1, -0.05) is 23.7 Å². The Balaban J connectivity index is 1.44. The highest BCUT2D eigenvalue weighted by atomic mass is 35.5. The summed E-state index contributed by atoms with van der Waals surface area (Å²) in [4.78, 5) is 21.4. The molecule has 254 valence electrons. The maximum Gasteiger partial charge on any atom is 0.403 e. The minimum Gasteiger partial charge on any atom is -0.479 e. The Morgan fingerprint density at radius 2 is 1.67 bits per heavy atom. The lowest BCUT2D eigenvalue weighted by atomic mass is 9.91. The molecule has 0 bridgehead atoms. The molecule has 1 N–H and O–H groups in total. The number of benzene rings is 3. The molecule has 0 spiro atoms. The summed E-state index contributed by atoms with van der Waals surface area (Å²) in [6.07, 6.45) is -3.44. The van der Waals surface area contributed by atoms with E-state index in [2.05, 4.69) is 11.0 Å². The number of hydrogen-bond acceptors (Lipinski definition) is 6. The van der Waals surface area contributed by atoms with Crippen LogP contribution in [0.2, 0.25) is 5.02 Å². The van der Waals surface area contributed by atoms with Crippen molar-refractivity contribution < 1.29 is 27.8 Å². The Morgan fingerprint density at radius 3 is 2.27 bits per heavy atom. The molecule has 2 atom stereocenters. The Kier molecular flexibility index (Phi) is 9.04. The molecular formula is C36H38ClF3N4O3S. The summed E-state index contributed by atoms with van der Waals surface area (Å²) in [5.74, 6) is -1.08. The van der Waals surface area contributed by atoms with Crippen molar-refractivity contribution in [2.75, 3.05) is 31.1 Å². The number of ether oxygens (including phenoxy) is 1. The van der Waals surface area contributed by atoms with Crippen molar-refractivity contribution in [3.63, 3.8) is 0 Å². The summed E-state index contributed by atoms with van der Waals surface area (Å²) in [5.41, 5.74) is 5.76. The standard InChI is InChI=1S/C36H38ClF3N4O3S/c1-20-17-26-32(30(22-7-10-24(37)11-8-22)29(20)31(34(45)46)47-35(3,4)5)48-33(41-26)23-9-12-27-25(18-23)28(19-42(27)6)44-15-13-43(14-16-44)21(2)36(38,39)40/h7-12,17-19,21,31H,13-16H2,1-6H3,(H,45,46)/t21?,31-/m0/s1. The summed E-state index contributed by atoms with van der Waals surface area (Å²) in [6.45, 7) is 10.2. The average molecular weight is 699 g/mol. The van der Waals surface area contributed by atoms with Crippen molar-refractivity contribution >= 4 is 55.7 Å². The van der Waals surface area contributed by atoms with Gasteiger partial charge in [0.1, 0.15) is 11.0 Å². The zero-order valence-corrected chi connectivity index (χ0v) is 29.2. The molecule has 1 fully saturated rings. The van der Waals surface area contributed by atoms with Gasteiger partial charge < -0.3 is 19.3 Å². The second-order valence-corrected chi connectivity index (χ2v) is 14.8. The smallest absolute Gasteiger partial charge is 0.403 e. The fourth-order valence-corrected chi connectivity index (χ4v) is 7.72. The molecule has 0 amide bonds. The second kappa shape index (κ2) is 12.7. The Labute approximate surface area is 286 Å². The number of nitrogens with zero attached hydrogens (tertiary/aromatic N) is 4. The van der Waals surface area contributed by atoms with Crippen molar-refractivity contribution in [3.8, 4) is 21.7 Å². The third-order valence-corrected chi connectivity index (χ3v) is 10.3. The van der Waals surface area contributed by atoms with Crippen molar-refractivity contribution in [2.45, 2.75) is 58.5 Å². The molecule has 1 aliphatic heterocycles. The summed E-state index contributed by atoms with van der Waals surface area (Å²) >= 11 is 7.73. The van der Waals surface area contributed by atoms with Gasteiger partial charge in [0, 0.05) is 72.0 Å². The van der Waals surface area contributed by atoms with Crippen molar-refractivity contribution in [1.82, 2.24) is 14.5 Å². The van der Waals surface area contributed by atoms with Gasteiger partial charge in [0.15, 0.2) is 6.10 Å². The van der Waals surface area contributed by atoms with E-state index in [9.17, 15) is 23.1 Å². The van der Waals surface area contributed by atoms with E-state index < -0.39 is 29.9 Å². The minimum atomic E-state index is -4.26. The molecule has 6 rings (SSSR count). The number of carboxylic acids is 1. The van der Waals surface area contributed by atoms with Gasteiger partial charge in [-0.25, -0.2) is 9.78 Å². The number of rotatable bonds is 7. The van der Waals surface area contributed by atoms with Crippen LogP contribution in [0.4, 0.5) is 18.9 Å². The second-order valence-electron chi connectivity index (χ2n) is 13.4. The minimum absolute atomic E-state index is 0.319. The van der Waals surface area contributed by atoms with E-state index in [0.29, 0.717) is 36.8 Å².